The maximum absolute atomic E-state index is 11.8. The highest BCUT2D eigenvalue weighted by Crippen LogP contribution is 2.13. The zero-order chi connectivity index (χ0) is 12.5. The maximum Gasteiger partial charge on any atom is 0.158 e. The molecule has 1 aromatic carbocycles. The molecule has 3 nitrogen and oxygen atoms in total. The van der Waals surface area contributed by atoms with Gasteiger partial charge in [-0.25, -0.2) is 0 Å². The van der Waals surface area contributed by atoms with Crippen LogP contribution in [0.5, 0.6) is 0 Å². The summed E-state index contributed by atoms with van der Waals surface area (Å²) in [6.07, 6.45) is 0.286. The average molecular weight is 228 g/mol. The number of rotatable bonds is 3. The minimum atomic E-state index is -0.798. The van der Waals surface area contributed by atoms with Crippen LogP contribution in [-0.4, -0.2) is 16.3 Å². The lowest BCUT2D eigenvalue weighted by Crippen LogP contribution is -2.42. The Morgan fingerprint density at radius 1 is 1.24 bits per heavy atom. The fourth-order valence-corrected chi connectivity index (χ4v) is 1.60. The van der Waals surface area contributed by atoms with Crippen molar-refractivity contribution in [3.63, 3.8) is 0 Å². The molecular formula is C14H16N2O. The first-order valence-corrected chi connectivity index (χ1v) is 5.64. The molecule has 0 aliphatic carbocycles. The SMILES string of the molecule is CC(C)(N)C(=O)Cc1ccc2ccccc2n1. The molecule has 2 rings (SSSR count). The molecule has 0 saturated carbocycles. The van der Waals surface area contributed by atoms with Crippen molar-refractivity contribution in [1.82, 2.24) is 4.98 Å². The lowest BCUT2D eigenvalue weighted by atomic mass is 9.96. The van der Waals surface area contributed by atoms with Crippen LogP contribution < -0.4 is 5.73 Å². The van der Waals surface area contributed by atoms with Crippen LogP contribution in [0.3, 0.4) is 0 Å². The summed E-state index contributed by atoms with van der Waals surface area (Å²) in [5, 5.41) is 1.08. The molecule has 2 aromatic rings. The highest BCUT2D eigenvalue weighted by atomic mass is 16.1. The first kappa shape index (κ1) is 11.7. The second-order valence-electron chi connectivity index (χ2n) is 4.82. The number of ketones is 1. The second kappa shape index (κ2) is 4.26. The molecule has 88 valence electrons. The summed E-state index contributed by atoms with van der Waals surface area (Å²) in [5.41, 5.74) is 6.64. The van der Waals surface area contributed by atoms with E-state index in [0.29, 0.717) is 0 Å². The predicted octanol–water partition coefficient (Wildman–Crippen LogP) is 2.08. The van der Waals surface area contributed by atoms with Gasteiger partial charge in [-0.2, -0.15) is 0 Å². The van der Waals surface area contributed by atoms with Crippen LogP contribution in [0.2, 0.25) is 0 Å². The average Bonchev–Trinajstić information content (AvgIpc) is 2.27. The molecule has 3 heteroatoms. The van der Waals surface area contributed by atoms with E-state index in [2.05, 4.69) is 4.98 Å². The normalized spacial score (nSPS) is 11.7. The van der Waals surface area contributed by atoms with Gasteiger partial charge < -0.3 is 5.73 Å². The number of nitrogens with zero attached hydrogens (tertiary/aromatic N) is 1. The van der Waals surface area contributed by atoms with E-state index in [4.69, 9.17) is 5.73 Å². The molecular weight excluding hydrogens is 212 g/mol. The van der Waals surface area contributed by atoms with Gasteiger partial charge in [0.1, 0.15) is 0 Å². The summed E-state index contributed by atoms with van der Waals surface area (Å²) >= 11 is 0. The molecule has 1 heterocycles. The van der Waals surface area contributed by atoms with Gasteiger partial charge in [0.25, 0.3) is 0 Å². The van der Waals surface area contributed by atoms with Gasteiger partial charge in [0.05, 0.1) is 17.5 Å². The van der Waals surface area contributed by atoms with Gasteiger partial charge in [-0.1, -0.05) is 24.3 Å². The van der Waals surface area contributed by atoms with Crippen LogP contribution in [0.4, 0.5) is 0 Å². The molecule has 0 atom stereocenters. The van der Waals surface area contributed by atoms with Crippen LogP contribution >= 0.6 is 0 Å². The van der Waals surface area contributed by atoms with E-state index >= 15 is 0 Å². The number of hydrogen-bond acceptors (Lipinski definition) is 3. The summed E-state index contributed by atoms with van der Waals surface area (Å²) in [6.45, 7) is 3.44. The summed E-state index contributed by atoms with van der Waals surface area (Å²) in [5.74, 6) is 0.000260. The van der Waals surface area contributed by atoms with Crippen LogP contribution in [-0.2, 0) is 11.2 Å². The van der Waals surface area contributed by atoms with Gasteiger partial charge in [0, 0.05) is 11.1 Å². The van der Waals surface area contributed by atoms with E-state index in [1.807, 2.05) is 36.4 Å². The lowest BCUT2D eigenvalue weighted by molar-refractivity contribution is -0.122. The van der Waals surface area contributed by atoms with Gasteiger partial charge in [0.15, 0.2) is 5.78 Å². The van der Waals surface area contributed by atoms with E-state index < -0.39 is 5.54 Å². The summed E-state index contributed by atoms with van der Waals surface area (Å²) < 4.78 is 0. The van der Waals surface area contributed by atoms with Gasteiger partial charge in [0.2, 0.25) is 0 Å². The van der Waals surface area contributed by atoms with E-state index in [1.54, 1.807) is 13.8 Å². The molecule has 0 amide bonds. The molecule has 0 unspecified atom stereocenters. The fraction of sp³-hybridized carbons (Fsp3) is 0.286. The Hall–Kier alpha value is -1.74. The standard InChI is InChI=1S/C14H16N2O/c1-14(2,15)13(17)9-11-8-7-10-5-3-4-6-12(10)16-11/h3-8H,9,15H2,1-2H3. The number of benzene rings is 1. The van der Waals surface area contributed by atoms with Crippen molar-refractivity contribution in [2.75, 3.05) is 0 Å². The number of Topliss-reactive ketones (excluding diaryl/α,β-unsaturated/α-hetero) is 1. The number of carbonyl (C=O) groups is 1. The van der Waals surface area contributed by atoms with Crippen molar-refractivity contribution in [2.45, 2.75) is 25.8 Å². The Morgan fingerprint density at radius 3 is 2.65 bits per heavy atom. The first-order valence-electron chi connectivity index (χ1n) is 5.64. The summed E-state index contributed by atoms with van der Waals surface area (Å²) in [4.78, 5) is 16.3. The Balaban J connectivity index is 2.29. The van der Waals surface area contributed by atoms with Crippen LogP contribution in [0, 0.1) is 0 Å². The van der Waals surface area contributed by atoms with Gasteiger partial charge in [-0.05, 0) is 26.0 Å². The number of aromatic nitrogens is 1. The van der Waals surface area contributed by atoms with Crippen molar-refractivity contribution in [2.24, 2.45) is 5.73 Å². The van der Waals surface area contributed by atoms with Crippen molar-refractivity contribution in [1.29, 1.82) is 0 Å². The van der Waals surface area contributed by atoms with Gasteiger partial charge >= 0.3 is 0 Å². The molecule has 0 radical (unpaired) electrons. The maximum atomic E-state index is 11.8. The van der Waals surface area contributed by atoms with E-state index in [-0.39, 0.29) is 12.2 Å². The Morgan fingerprint density at radius 2 is 1.94 bits per heavy atom. The van der Waals surface area contributed by atoms with Gasteiger partial charge in [-0.15, -0.1) is 0 Å². The fourth-order valence-electron chi connectivity index (χ4n) is 1.60. The predicted molar refractivity (Wildman–Crippen MR) is 68.7 cm³/mol. The zero-order valence-electron chi connectivity index (χ0n) is 10.1. The number of pyridine rings is 1. The monoisotopic (exact) mass is 228 g/mol. The molecule has 2 N–H and O–H groups in total. The lowest BCUT2D eigenvalue weighted by Gasteiger charge is -2.16. The number of fused-ring (bicyclic) bond motifs is 1. The molecule has 1 aromatic heterocycles. The minimum Gasteiger partial charge on any atom is -0.319 e. The topological polar surface area (TPSA) is 56.0 Å². The van der Waals surface area contributed by atoms with Crippen molar-refractivity contribution in [3.05, 3.63) is 42.1 Å². The molecule has 0 spiro atoms. The number of hydrogen-bond donors (Lipinski definition) is 1. The largest absolute Gasteiger partial charge is 0.319 e. The number of para-hydroxylation sites is 1. The summed E-state index contributed by atoms with van der Waals surface area (Å²) in [6, 6.07) is 11.7. The van der Waals surface area contributed by atoms with E-state index in [9.17, 15) is 4.79 Å². The molecule has 0 fully saturated rings. The molecule has 0 saturated heterocycles. The third-order valence-electron chi connectivity index (χ3n) is 2.72. The molecule has 0 bridgehead atoms. The summed E-state index contributed by atoms with van der Waals surface area (Å²) in [7, 11) is 0. The highest BCUT2D eigenvalue weighted by molar-refractivity contribution is 5.89. The van der Waals surface area contributed by atoms with Crippen LogP contribution in [0.25, 0.3) is 10.9 Å². The van der Waals surface area contributed by atoms with Crippen molar-refractivity contribution in [3.8, 4) is 0 Å². The van der Waals surface area contributed by atoms with Crippen LogP contribution in [0.15, 0.2) is 36.4 Å². The van der Waals surface area contributed by atoms with Crippen LogP contribution in [0.1, 0.15) is 19.5 Å². The quantitative estimate of drug-likeness (QED) is 0.875. The number of carbonyl (C=O) groups excluding carboxylic acids is 1. The molecule has 0 aliphatic rings. The third-order valence-corrected chi connectivity index (χ3v) is 2.72. The molecule has 0 aliphatic heterocycles. The Bertz CT molecular complexity index is 555. The van der Waals surface area contributed by atoms with Gasteiger partial charge in [-0.3, -0.25) is 9.78 Å². The Kier molecular flexibility index (Phi) is 2.94. The smallest absolute Gasteiger partial charge is 0.158 e. The molecule has 17 heavy (non-hydrogen) atoms. The third kappa shape index (κ3) is 2.68. The Labute approximate surface area is 101 Å². The van der Waals surface area contributed by atoms with Crippen molar-refractivity contribution >= 4 is 16.7 Å². The first-order chi connectivity index (χ1) is 7.97. The van der Waals surface area contributed by atoms with E-state index in [1.165, 1.54) is 0 Å². The number of nitrogens with two attached hydrogens (primary N) is 1. The zero-order valence-corrected chi connectivity index (χ0v) is 10.1. The second-order valence-corrected chi connectivity index (χ2v) is 4.82. The van der Waals surface area contributed by atoms with E-state index in [0.717, 1.165) is 16.6 Å². The minimum absolute atomic E-state index is 0.000260. The van der Waals surface area contributed by atoms with Crippen molar-refractivity contribution < 1.29 is 4.79 Å². The highest BCUT2D eigenvalue weighted by Gasteiger charge is 2.22.